The number of hydrogen-bond acceptors (Lipinski definition) is 3. The molecule has 0 spiro atoms. The molecule has 1 saturated heterocycles. The Morgan fingerprint density at radius 2 is 2.04 bits per heavy atom. The van der Waals surface area contributed by atoms with Crippen LogP contribution in [0.2, 0.25) is 0 Å². The number of anilines is 2. The lowest BCUT2D eigenvalue weighted by atomic mass is 10.1. The fourth-order valence-electron chi connectivity index (χ4n) is 2.93. The molecule has 2 amide bonds. The molecule has 2 aromatic carbocycles. The Kier molecular flexibility index (Phi) is 5.61. The van der Waals surface area contributed by atoms with E-state index in [0.29, 0.717) is 17.9 Å². The molecule has 1 atom stereocenters. The van der Waals surface area contributed by atoms with Crippen LogP contribution in [-0.2, 0) is 9.59 Å². The largest absolute Gasteiger partial charge is 0.326 e. The van der Waals surface area contributed by atoms with E-state index < -0.39 is 5.82 Å². The first-order valence-electron chi connectivity index (χ1n) is 8.53. The van der Waals surface area contributed by atoms with Gasteiger partial charge in [0, 0.05) is 12.1 Å². The summed E-state index contributed by atoms with van der Waals surface area (Å²) in [6, 6.07) is 13.7. The van der Waals surface area contributed by atoms with Gasteiger partial charge >= 0.3 is 0 Å². The molecule has 0 bridgehead atoms. The maximum Gasteiger partial charge on any atom is 0.238 e. The van der Waals surface area contributed by atoms with Crippen LogP contribution in [0.4, 0.5) is 15.8 Å². The number of rotatable bonds is 5. The first-order valence-corrected chi connectivity index (χ1v) is 9.58. The van der Waals surface area contributed by atoms with Gasteiger partial charge < -0.3 is 5.32 Å². The van der Waals surface area contributed by atoms with E-state index in [4.69, 9.17) is 0 Å². The highest BCUT2D eigenvalue weighted by Crippen LogP contribution is 2.42. The van der Waals surface area contributed by atoms with Gasteiger partial charge in [0.25, 0.3) is 0 Å². The van der Waals surface area contributed by atoms with Gasteiger partial charge in [-0.3, -0.25) is 14.5 Å². The van der Waals surface area contributed by atoms with Crippen LogP contribution < -0.4 is 10.2 Å². The molecule has 4 nitrogen and oxygen atoms in total. The minimum atomic E-state index is -0.422. The summed E-state index contributed by atoms with van der Waals surface area (Å²) < 4.78 is 14.2. The molecule has 0 aromatic heterocycles. The van der Waals surface area contributed by atoms with Crippen LogP contribution in [0.1, 0.15) is 31.2 Å². The van der Waals surface area contributed by atoms with E-state index >= 15 is 0 Å². The standard InChI is InChI=1S/C20H21FN2O2S/c1-13(2)10-18(24)22-15-7-5-6-14(11-15)20-23(19(25)12-26-20)17-9-4-3-8-16(17)21/h3-9,11,13,20H,10,12H2,1-2H3,(H,22,24)/t20-/m0/s1. The summed E-state index contributed by atoms with van der Waals surface area (Å²) in [4.78, 5) is 25.9. The zero-order valence-electron chi connectivity index (χ0n) is 14.7. The van der Waals surface area contributed by atoms with Gasteiger partial charge in [-0.25, -0.2) is 4.39 Å². The lowest BCUT2D eigenvalue weighted by Gasteiger charge is -2.25. The van der Waals surface area contributed by atoms with Gasteiger partial charge in [-0.2, -0.15) is 0 Å². The number of halogens is 1. The summed E-state index contributed by atoms with van der Waals surface area (Å²) in [5.74, 6) is -0.0202. The van der Waals surface area contributed by atoms with E-state index in [0.717, 1.165) is 5.56 Å². The van der Waals surface area contributed by atoms with Crippen molar-refractivity contribution in [3.05, 3.63) is 59.9 Å². The number of carbonyl (C=O) groups excluding carboxylic acids is 2. The second-order valence-electron chi connectivity index (χ2n) is 6.65. The minimum absolute atomic E-state index is 0.0433. The third kappa shape index (κ3) is 4.07. The lowest BCUT2D eigenvalue weighted by Crippen LogP contribution is -2.28. The first kappa shape index (κ1) is 18.5. The van der Waals surface area contributed by atoms with E-state index in [-0.39, 0.29) is 28.8 Å². The molecule has 1 fully saturated rings. The minimum Gasteiger partial charge on any atom is -0.326 e. The summed E-state index contributed by atoms with van der Waals surface area (Å²) in [6.45, 7) is 3.98. The molecule has 1 aliphatic heterocycles. The van der Waals surface area contributed by atoms with Crippen molar-refractivity contribution in [3.8, 4) is 0 Å². The van der Waals surface area contributed by atoms with Gasteiger partial charge in [0.05, 0.1) is 11.4 Å². The van der Waals surface area contributed by atoms with E-state index in [2.05, 4.69) is 5.32 Å². The average Bonchev–Trinajstić information content (AvgIpc) is 2.96. The number of benzene rings is 2. The van der Waals surface area contributed by atoms with Gasteiger partial charge in [0.1, 0.15) is 11.2 Å². The van der Waals surface area contributed by atoms with Gasteiger partial charge in [-0.05, 0) is 35.7 Å². The van der Waals surface area contributed by atoms with E-state index in [1.54, 1.807) is 18.2 Å². The van der Waals surface area contributed by atoms with Crippen LogP contribution in [-0.4, -0.2) is 17.6 Å². The third-order valence-electron chi connectivity index (χ3n) is 4.03. The molecular formula is C20H21FN2O2S. The first-order chi connectivity index (χ1) is 12.5. The molecule has 1 aliphatic rings. The molecule has 1 N–H and O–H groups in total. The van der Waals surface area contributed by atoms with Gasteiger partial charge in [0.2, 0.25) is 11.8 Å². The second-order valence-corrected chi connectivity index (χ2v) is 7.72. The van der Waals surface area contributed by atoms with Crippen molar-refractivity contribution in [3.63, 3.8) is 0 Å². The van der Waals surface area contributed by atoms with Crippen LogP contribution in [0.25, 0.3) is 0 Å². The number of para-hydroxylation sites is 1. The lowest BCUT2D eigenvalue weighted by molar-refractivity contribution is -0.117. The molecule has 0 unspecified atom stereocenters. The number of amides is 2. The molecule has 0 aliphatic carbocycles. The van der Waals surface area contributed by atoms with E-state index in [9.17, 15) is 14.0 Å². The summed E-state index contributed by atoms with van der Waals surface area (Å²) in [7, 11) is 0. The molecule has 6 heteroatoms. The Morgan fingerprint density at radius 1 is 1.27 bits per heavy atom. The summed E-state index contributed by atoms with van der Waals surface area (Å²) in [5.41, 5.74) is 1.81. The highest BCUT2D eigenvalue weighted by molar-refractivity contribution is 8.00. The van der Waals surface area contributed by atoms with Crippen molar-refractivity contribution < 1.29 is 14.0 Å². The Balaban J connectivity index is 1.86. The number of hydrogen-bond donors (Lipinski definition) is 1. The zero-order valence-corrected chi connectivity index (χ0v) is 15.6. The van der Waals surface area contributed by atoms with E-state index in [1.165, 1.54) is 22.7 Å². The van der Waals surface area contributed by atoms with Gasteiger partial charge in [-0.1, -0.05) is 38.1 Å². The third-order valence-corrected chi connectivity index (χ3v) is 5.24. The Hall–Kier alpha value is -2.34. The van der Waals surface area contributed by atoms with Crippen molar-refractivity contribution in [1.29, 1.82) is 0 Å². The number of nitrogens with one attached hydrogen (secondary N) is 1. The van der Waals surface area contributed by atoms with Crippen LogP contribution in [0, 0.1) is 11.7 Å². The predicted molar refractivity (Wildman–Crippen MR) is 104 cm³/mol. The normalized spacial score (nSPS) is 17.0. The topological polar surface area (TPSA) is 49.4 Å². The van der Waals surface area contributed by atoms with E-state index in [1.807, 2.05) is 38.1 Å². The molecule has 1 heterocycles. The predicted octanol–water partition coefficient (Wildman–Crippen LogP) is 4.59. The van der Waals surface area contributed by atoms with Crippen molar-refractivity contribution in [1.82, 2.24) is 0 Å². The maximum absolute atomic E-state index is 14.2. The smallest absolute Gasteiger partial charge is 0.238 e. The maximum atomic E-state index is 14.2. The molecule has 0 saturated carbocycles. The monoisotopic (exact) mass is 372 g/mol. The van der Waals surface area contributed by atoms with Crippen LogP contribution >= 0.6 is 11.8 Å². The van der Waals surface area contributed by atoms with Crippen molar-refractivity contribution >= 4 is 35.0 Å². The molecule has 3 rings (SSSR count). The summed E-state index contributed by atoms with van der Waals surface area (Å²) >= 11 is 1.45. The second kappa shape index (κ2) is 7.91. The fourth-order valence-corrected chi connectivity index (χ4v) is 4.09. The number of nitrogens with zero attached hydrogens (tertiary/aromatic N) is 1. The molecule has 136 valence electrons. The molecule has 2 aromatic rings. The van der Waals surface area contributed by atoms with Crippen molar-refractivity contribution in [2.24, 2.45) is 5.92 Å². The fraction of sp³-hybridized carbons (Fsp3) is 0.300. The molecule has 26 heavy (non-hydrogen) atoms. The Bertz CT molecular complexity index is 825. The SMILES string of the molecule is CC(C)CC(=O)Nc1cccc([C@@H]2SCC(=O)N2c2ccccc2F)c1. The highest BCUT2D eigenvalue weighted by atomic mass is 32.2. The average molecular weight is 372 g/mol. The molecular weight excluding hydrogens is 351 g/mol. The quantitative estimate of drug-likeness (QED) is 0.835. The van der Waals surface area contributed by atoms with Gasteiger partial charge in [-0.15, -0.1) is 11.8 Å². The number of carbonyl (C=O) groups is 2. The zero-order chi connectivity index (χ0) is 18.7. The molecule has 0 radical (unpaired) electrons. The van der Waals surface area contributed by atoms with Crippen molar-refractivity contribution in [2.75, 3.05) is 16.0 Å². The highest BCUT2D eigenvalue weighted by Gasteiger charge is 2.35. The number of thioether (sulfide) groups is 1. The van der Waals surface area contributed by atoms with Crippen molar-refractivity contribution in [2.45, 2.75) is 25.6 Å². The summed E-state index contributed by atoms with van der Waals surface area (Å²) in [6.07, 6.45) is 0.447. The Morgan fingerprint density at radius 3 is 2.77 bits per heavy atom. The van der Waals surface area contributed by atoms with Gasteiger partial charge in [0.15, 0.2) is 0 Å². The van der Waals surface area contributed by atoms with Crippen LogP contribution in [0.3, 0.4) is 0 Å². The van der Waals surface area contributed by atoms with Crippen LogP contribution in [0.15, 0.2) is 48.5 Å². The Labute approximate surface area is 156 Å². The summed E-state index contributed by atoms with van der Waals surface area (Å²) in [5, 5.41) is 2.57. The van der Waals surface area contributed by atoms with Crippen LogP contribution in [0.5, 0.6) is 0 Å².